The number of nitrogens with zero attached hydrogens (tertiary/aromatic N) is 3. The van der Waals surface area contributed by atoms with Crippen molar-refractivity contribution < 1.29 is 14.7 Å². The fourth-order valence-electron chi connectivity index (χ4n) is 1.10. The number of likely N-dealkylation sites (N-methyl/N-ethyl adjacent to an activating group) is 1. The van der Waals surface area contributed by atoms with Crippen LogP contribution in [0.15, 0.2) is 12.4 Å². The summed E-state index contributed by atoms with van der Waals surface area (Å²) >= 11 is 5.58. The highest BCUT2D eigenvalue weighted by Crippen LogP contribution is 2.05. The monoisotopic (exact) mass is 243 g/mol. The highest BCUT2D eigenvalue weighted by Gasteiger charge is 2.18. The molecule has 1 aromatic heterocycles. The number of rotatable bonds is 4. The predicted octanol–water partition coefficient (Wildman–Crippen LogP) is 0.677. The van der Waals surface area contributed by atoms with Crippen molar-refractivity contribution in [3.8, 4) is 0 Å². The Balaban J connectivity index is 2.86. The number of carboxylic acid groups (broad SMARTS) is 1. The minimum atomic E-state index is -1.08. The van der Waals surface area contributed by atoms with Gasteiger partial charge < -0.3 is 10.0 Å². The summed E-state index contributed by atoms with van der Waals surface area (Å²) in [5.41, 5.74) is 0.0376. The molecule has 0 saturated heterocycles. The molecule has 0 aliphatic rings. The Morgan fingerprint density at radius 1 is 1.50 bits per heavy atom. The van der Waals surface area contributed by atoms with Gasteiger partial charge in [-0.3, -0.25) is 14.6 Å². The molecule has 7 heteroatoms. The maximum atomic E-state index is 11.8. The minimum absolute atomic E-state index is 0.0376. The molecule has 0 saturated carbocycles. The fraction of sp³-hybridized carbons (Fsp3) is 0.333. The number of hydrogen-bond donors (Lipinski definition) is 1. The number of hydrogen-bond acceptors (Lipinski definition) is 4. The highest BCUT2D eigenvalue weighted by atomic mass is 35.5. The summed E-state index contributed by atoms with van der Waals surface area (Å²) in [6, 6.07) is 0. The average molecular weight is 244 g/mol. The molecule has 0 spiro atoms. The molecule has 1 N–H and O–H groups in total. The van der Waals surface area contributed by atoms with Crippen LogP contribution in [0.25, 0.3) is 0 Å². The molecule has 0 unspecified atom stereocenters. The number of halogens is 1. The molecule has 0 aliphatic heterocycles. The third kappa shape index (κ3) is 3.16. The van der Waals surface area contributed by atoms with Gasteiger partial charge in [0.15, 0.2) is 0 Å². The lowest BCUT2D eigenvalue weighted by Crippen LogP contribution is -2.36. The van der Waals surface area contributed by atoms with Crippen LogP contribution < -0.4 is 0 Å². The third-order valence-corrected chi connectivity index (χ3v) is 2.00. The van der Waals surface area contributed by atoms with Gasteiger partial charge in [0.25, 0.3) is 5.91 Å². The van der Waals surface area contributed by atoms with E-state index in [4.69, 9.17) is 16.7 Å². The van der Waals surface area contributed by atoms with Crippen molar-refractivity contribution in [3.63, 3.8) is 0 Å². The molecule has 0 radical (unpaired) electrons. The van der Waals surface area contributed by atoms with Crippen molar-refractivity contribution in [2.24, 2.45) is 0 Å². The van der Waals surface area contributed by atoms with Gasteiger partial charge in [-0.2, -0.15) is 0 Å². The van der Waals surface area contributed by atoms with Gasteiger partial charge >= 0.3 is 5.97 Å². The van der Waals surface area contributed by atoms with Crippen molar-refractivity contribution in [1.82, 2.24) is 14.9 Å². The quantitative estimate of drug-likeness (QED) is 0.841. The molecule has 1 amide bonds. The third-order valence-electron chi connectivity index (χ3n) is 1.82. The fourth-order valence-corrected chi connectivity index (χ4v) is 1.25. The molecule has 1 heterocycles. The maximum absolute atomic E-state index is 11.8. The topological polar surface area (TPSA) is 83.4 Å². The molecule has 86 valence electrons. The van der Waals surface area contributed by atoms with E-state index >= 15 is 0 Å². The summed E-state index contributed by atoms with van der Waals surface area (Å²) in [6.07, 6.45) is 2.55. The standard InChI is InChI=1S/C9H10ClN3O3/c1-2-13(5-8(14)15)9(16)6-3-11-4-7(10)12-6/h3-4H,2,5H2,1H3,(H,14,15). The van der Waals surface area contributed by atoms with Crippen LogP contribution >= 0.6 is 11.6 Å². The van der Waals surface area contributed by atoms with E-state index in [2.05, 4.69) is 9.97 Å². The number of carboxylic acids is 1. The van der Waals surface area contributed by atoms with Gasteiger partial charge in [-0.15, -0.1) is 0 Å². The summed E-state index contributed by atoms with van der Waals surface area (Å²) in [5.74, 6) is -1.58. The van der Waals surface area contributed by atoms with E-state index in [0.717, 1.165) is 4.90 Å². The summed E-state index contributed by atoms with van der Waals surface area (Å²) in [6.45, 7) is 1.58. The molecule has 0 fully saturated rings. The molecule has 0 aliphatic carbocycles. The zero-order valence-corrected chi connectivity index (χ0v) is 9.31. The van der Waals surface area contributed by atoms with Crippen molar-refractivity contribution in [3.05, 3.63) is 23.2 Å². The van der Waals surface area contributed by atoms with Crippen LogP contribution in [0.3, 0.4) is 0 Å². The van der Waals surface area contributed by atoms with E-state index in [1.807, 2.05) is 0 Å². The Morgan fingerprint density at radius 3 is 2.69 bits per heavy atom. The lowest BCUT2D eigenvalue weighted by molar-refractivity contribution is -0.137. The first kappa shape index (κ1) is 12.4. The van der Waals surface area contributed by atoms with Crippen LogP contribution in [0, 0.1) is 0 Å². The van der Waals surface area contributed by atoms with Crippen molar-refractivity contribution in [2.75, 3.05) is 13.1 Å². The van der Waals surface area contributed by atoms with Gasteiger partial charge in [-0.05, 0) is 6.92 Å². The maximum Gasteiger partial charge on any atom is 0.323 e. The number of aromatic nitrogens is 2. The smallest absolute Gasteiger partial charge is 0.323 e. The SMILES string of the molecule is CCN(CC(=O)O)C(=O)c1cncc(Cl)n1. The molecule has 1 rings (SSSR count). The van der Waals surface area contributed by atoms with E-state index in [9.17, 15) is 9.59 Å². The zero-order chi connectivity index (χ0) is 12.1. The van der Waals surface area contributed by atoms with E-state index in [1.54, 1.807) is 6.92 Å². The minimum Gasteiger partial charge on any atom is -0.480 e. The second-order valence-corrected chi connectivity index (χ2v) is 3.33. The van der Waals surface area contributed by atoms with E-state index in [1.165, 1.54) is 12.4 Å². The van der Waals surface area contributed by atoms with E-state index < -0.39 is 11.9 Å². The predicted molar refractivity (Wildman–Crippen MR) is 56.3 cm³/mol. The Morgan fingerprint density at radius 2 is 2.19 bits per heavy atom. The van der Waals surface area contributed by atoms with Crippen LogP contribution in [0.4, 0.5) is 0 Å². The second kappa shape index (κ2) is 5.41. The van der Waals surface area contributed by atoms with E-state index in [0.29, 0.717) is 0 Å². The first-order valence-corrected chi connectivity index (χ1v) is 4.91. The number of aliphatic carboxylic acids is 1. The number of carbonyl (C=O) groups excluding carboxylic acids is 1. The van der Waals surface area contributed by atoms with Crippen LogP contribution in [0.5, 0.6) is 0 Å². The normalized spacial score (nSPS) is 9.88. The van der Waals surface area contributed by atoms with Crippen LogP contribution in [-0.2, 0) is 4.79 Å². The van der Waals surface area contributed by atoms with Gasteiger partial charge in [0.2, 0.25) is 0 Å². The van der Waals surface area contributed by atoms with Gasteiger partial charge in [-0.1, -0.05) is 11.6 Å². The largest absolute Gasteiger partial charge is 0.480 e. The van der Waals surface area contributed by atoms with Gasteiger partial charge in [0, 0.05) is 6.54 Å². The molecule has 0 aromatic carbocycles. The molecule has 16 heavy (non-hydrogen) atoms. The summed E-state index contributed by atoms with van der Waals surface area (Å²) < 4.78 is 0. The average Bonchev–Trinajstić information content (AvgIpc) is 2.24. The first-order valence-electron chi connectivity index (χ1n) is 4.53. The Labute approximate surface area is 96.9 Å². The van der Waals surface area contributed by atoms with Gasteiger partial charge in [-0.25, -0.2) is 4.98 Å². The summed E-state index contributed by atoms with van der Waals surface area (Å²) in [7, 11) is 0. The molecule has 1 aromatic rings. The molecular formula is C9H10ClN3O3. The van der Waals surface area contributed by atoms with Crippen molar-refractivity contribution in [2.45, 2.75) is 6.92 Å². The Hall–Kier alpha value is -1.69. The van der Waals surface area contributed by atoms with E-state index in [-0.39, 0.29) is 23.9 Å². The Kier molecular flexibility index (Phi) is 4.19. The van der Waals surface area contributed by atoms with Crippen LogP contribution in [-0.4, -0.2) is 44.9 Å². The number of amides is 1. The van der Waals surface area contributed by atoms with Crippen molar-refractivity contribution >= 4 is 23.5 Å². The second-order valence-electron chi connectivity index (χ2n) is 2.94. The molecule has 0 bridgehead atoms. The molecule has 6 nitrogen and oxygen atoms in total. The lowest BCUT2D eigenvalue weighted by atomic mass is 10.3. The van der Waals surface area contributed by atoms with Gasteiger partial charge in [0.05, 0.1) is 12.4 Å². The highest BCUT2D eigenvalue weighted by molar-refractivity contribution is 6.29. The summed E-state index contributed by atoms with van der Waals surface area (Å²) in [4.78, 5) is 30.9. The van der Waals surface area contributed by atoms with Crippen LogP contribution in [0.1, 0.15) is 17.4 Å². The Bertz CT molecular complexity index is 411. The van der Waals surface area contributed by atoms with Crippen molar-refractivity contribution in [1.29, 1.82) is 0 Å². The van der Waals surface area contributed by atoms with Crippen LogP contribution in [0.2, 0.25) is 5.15 Å². The first-order chi connectivity index (χ1) is 7.54. The molecule has 0 atom stereocenters. The lowest BCUT2D eigenvalue weighted by Gasteiger charge is -2.17. The van der Waals surface area contributed by atoms with Gasteiger partial charge in [0.1, 0.15) is 17.4 Å². The number of carbonyl (C=O) groups is 2. The molecular weight excluding hydrogens is 234 g/mol. The summed E-state index contributed by atoms with van der Waals surface area (Å²) in [5, 5.41) is 8.70. The zero-order valence-electron chi connectivity index (χ0n) is 8.55.